The maximum Gasteiger partial charge on any atom is 1.00 e. The average molecular weight is 298 g/mol. The summed E-state index contributed by atoms with van der Waals surface area (Å²) in [6, 6.07) is 7.95. The van der Waals surface area contributed by atoms with Crippen LogP contribution in [0.1, 0.15) is 18.9 Å². The molecule has 0 aliphatic carbocycles. The summed E-state index contributed by atoms with van der Waals surface area (Å²) in [4.78, 5) is 0. The first-order chi connectivity index (χ1) is 10.0. The Kier molecular flexibility index (Phi) is 4.84. The van der Waals surface area contributed by atoms with E-state index in [1.165, 1.54) is 12.1 Å². The van der Waals surface area contributed by atoms with E-state index >= 15 is 0 Å². The van der Waals surface area contributed by atoms with E-state index in [0.29, 0.717) is 18.2 Å². The quantitative estimate of drug-likeness (QED) is 0.295. The third kappa shape index (κ3) is 2.51. The van der Waals surface area contributed by atoms with Gasteiger partial charge in [-0.05, 0) is 23.4 Å². The first kappa shape index (κ1) is 16.9. The van der Waals surface area contributed by atoms with Gasteiger partial charge in [-0.25, -0.2) is 13.2 Å². The molecule has 22 heavy (non-hydrogen) atoms. The van der Waals surface area contributed by atoms with E-state index in [1.807, 2.05) is 6.92 Å². The van der Waals surface area contributed by atoms with Crippen molar-refractivity contribution in [2.45, 2.75) is 19.8 Å². The van der Waals surface area contributed by atoms with Crippen molar-refractivity contribution >= 4 is 21.5 Å². The summed E-state index contributed by atoms with van der Waals surface area (Å²) >= 11 is 0. The van der Waals surface area contributed by atoms with Crippen molar-refractivity contribution in [2.24, 2.45) is 0 Å². The van der Waals surface area contributed by atoms with Crippen molar-refractivity contribution in [3.05, 3.63) is 59.2 Å². The zero-order chi connectivity index (χ0) is 15.1. The number of hydrogen-bond donors (Lipinski definition) is 0. The molecule has 0 unspecified atom stereocenters. The topological polar surface area (TPSA) is 0 Å². The smallest absolute Gasteiger partial charge is 0.281 e. The SMILES string of the molecule is CCCc1cc2ccc3c[c-]c(F)c(F)c3c2c(F)c1F.[Li+]. The predicted octanol–water partition coefficient (Wildman–Crippen LogP) is 2.31. The minimum absolute atomic E-state index is 0. The second-order valence-corrected chi connectivity index (χ2v) is 4.96. The molecule has 3 rings (SSSR count). The first-order valence-electron chi connectivity index (χ1n) is 6.63. The van der Waals surface area contributed by atoms with Gasteiger partial charge in [-0.1, -0.05) is 24.8 Å². The molecule has 0 heterocycles. The van der Waals surface area contributed by atoms with E-state index in [2.05, 4.69) is 6.07 Å². The maximum atomic E-state index is 14.3. The molecule has 0 aliphatic heterocycles. The standard InChI is InChI=1S/C17H11F4.Li/c1-2-3-11-8-10-5-4-9-6-7-12(18)16(20)13(9)14(10)17(21)15(11)19;/h4-6,8H,2-3H2,1H3;/q-1;+1. The van der Waals surface area contributed by atoms with E-state index in [1.54, 1.807) is 12.1 Å². The molecule has 5 heteroatoms. The van der Waals surface area contributed by atoms with Crippen LogP contribution in [-0.2, 0) is 6.42 Å². The number of halogens is 4. The molecule has 0 amide bonds. The molecule has 0 nitrogen and oxygen atoms in total. The van der Waals surface area contributed by atoms with Crippen molar-refractivity contribution in [1.29, 1.82) is 0 Å². The summed E-state index contributed by atoms with van der Waals surface area (Å²) in [7, 11) is 0. The third-order valence-electron chi connectivity index (χ3n) is 3.58. The Morgan fingerprint density at radius 2 is 1.55 bits per heavy atom. The van der Waals surface area contributed by atoms with Crippen LogP contribution in [0.4, 0.5) is 17.6 Å². The molecule has 0 N–H and O–H groups in total. The molecule has 3 aromatic rings. The van der Waals surface area contributed by atoms with Crippen LogP contribution < -0.4 is 18.9 Å². The van der Waals surface area contributed by atoms with Crippen molar-refractivity contribution < 1.29 is 36.4 Å². The van der Waals surface area contributed by atoms with Crippen molar-refractivity contribution in [2.75, 3.05) is 0 Å². The summed E-state index contributed by atoms with van der Waals surface area (Å²) in [6.45, 7) is 1.85. The minimum atomic E-state index is -1.21. The van der Waals surface area contributed by atoms with Crippen LogP contribution in [0.5, 0.6) is 0 Å². The molecule has 0 spiro atoms. The molecule has 0 aromatic heterocycles. The zero-order valence-electron chi connectivity index (χ0n) is 12.2. The molecule has 0 atom stereocenters. The van der Waals surface area contributed by atoms with Crippen LogP contribution in [-0.4, -0.2) is 0 Å². The summed E-state index contributed by atoms with van der Waals surface area (Å²) in [6.07, 6.45) is 1.05. The second-order valence-electron chi connectivity index (χ2n) is 4.96. The van der Waals surface area contributed by atoms with Crippen molar-refractivity contribution in [1.82, 2.24) is 0 Å². The van der Waals surface area contributed by atoms with Gasteiger partial charge in [0.25, 0.3) is 0 Å². The molecular formula is C17H11F4Li. The van der Waals surface area contributed by atoms with Gasteiger partial charge in [0.1, 0.15) is 0 Å². The predicted molar refractivity (Wildman–Crippen MR) is 74.1 cm³/mol. The Bertz CT molecular complexity index is 859. The molecule has 108 valence electrons. The Morgan fingerprint density at radius 3 is 2.23 bits per heavy atom. The van der Waals surface area contributed by atoms with Crippen LogP contribution in [0.15, 0.2) is 24.3 Å². The molecule has 0 bridgehead atoms. The van der Waals surface area contributed by atoms with E-state index in [0.717, 1.165) is 0 Å². The molecule has 3 aromatic carbocycles. The Labute approximate surface area is 137 Å². The van der Waals surface area contributed by atoms with Crippen LogP contribution in [0.3, 0.4) is 0 Å². The first-order valence-corrected chi connectivity index (χ1v) is 6.63. The molecule has 0 saturated carbocycles. The summed E-state index contributed by atoms with van der Waals surface area (Å²) in [5.41, 5.74) is 0.241. The Hall–Kier alpha value is -1.50. The fraction of sp³-hybridized carbons (Fsp3) is 0.176. The number of hydrogen-bond acceptors (Lipinski definition) is 0. The molecule has 0 saturated heterocycles. The summed E-state index contributed by atoms with van der Waals surface area (Å²) < 4.78 is 55.8. The molecule has 0 radical (unpaired) electrons. The van der Waals surface area contributed by atoms with E-state index in [9.17, 15) is 17.6 Å². The minimum Gasteiger partial charge on any atom is -0.281 e. The fourth-order valence-electron chi connectivity index (χ4n) is 2.62. The van der Waals surface area contributed by atoms with Gasteiger partial charge in [0.2, 0.25) is 0 Å². The van der Waals surface area contributed by atoms with Gasteiger partial charge in [-0.15, -0.1) is 17.5 Å². The van der Waals surface area contributed by atoms with Crippen LogP contribution in [0, 0.1) is 29.3 Å². The average Bonchev–Trinajstić information content (AvgIpc) is 2.48. The van der Waals surface area contributed by atoms with E-state index < -0.39 is 23.3 Å². The van der Waals surface area contributed by atoms with Crippen molar-refractivity contribution in [3.63, 3.8) is 0 Å². The number of benzene rings is 3. The van der Waals surface area contributed by atoms with Gasteiger partial charge in [0.05, 0.1) is 5.82 Å². The second kappa shape index (κ2) is 6.32. The molecular weight excluding hydrogens is 287 g/mol. The maximum absolute atomic E-state index is 14.3. The van der Waals surface area contributed by atoms with Gasteiger partial charge in [0, 0.05) is 11.2 Å². The Morgan fingerprint density at radius 1 is 0.909 bits per heavy atom. The van der Waals surface area contributed by atoms with Crippen LogP contribution >= 0.6 is 0 Å². The van der Waals surface area contributed by atoms with Gasteiger partial charge in [-0.3, -0.25) is 4.39 Å². The van der Waals surface area contributed by atoms with Crippen molar-refractivity contribution in [3.8, 4) is 0 Å². The number of rotatable bonds is 2. The van der Waals surface area contributed by atoms with E-state index in [-0.39, 0.29) is 40.6 Å². The molecule has 0 fully saturated rings. The van der Waals surface area contributed by atoms with E-state index in [4.69, 9.17) is 0 Å². The van der Waals surface area contributed by atoms with Crippen LogP contribution in [0.25, 0.3) is 21.5 Å². The summed E-state index contributed by atoms with van der Waals surface area (Å²) in [5.74, 6) is -4.54. The summed E-state index contributed by atoms with van der Waals surface area (Å²) in [5, 5.41) is 0.163. The monoisotopic (exact) mass is 298 g/mol. The number of fused-ring (bicyclic) bond motifs is 3. The van der Waals surface area contributed by atoms with Gasteiger partial charge < -0.3 is 0 Å². The Balaban J connectivity index is 0.00000176. The largest absolute Gasteiger partial charge is 1.00 e. The fourth-order valence-corrected chi connectivity index (χ4v) is 2.62. The zero-order valence-corrected chi connectivity index (χ0v) is 12.2. The normalized spacial score (nSPS) is 11.0. The molecule has 0 aliphatic rings. The van der Waals surface area contributed by atoms with Gasteiger partial charge in [0.15, 0.2) is 11.6 Å². The van der Waals surface area contributed by atoms with Gasteiger partial charge in [-0.2, -0.15) is 6.07 Å². The third-order valence-corrected chi connectivity index (χ3v) is 3.58. The van der Waals surface area contributed by atoms with Gasteiger partial charge >= 0.3 is 18.9 Å². The number of aryl methyl sites for hydroxylation is 1. The van der Waals surface area contributed by atoms with Crippen LogP contribution in [0.2, 0.25) is 0 Å².